The van der Waals surface area contributed by atoms with Crippen LogP contribution in [0.3, 0.4) is 0 Å². The van der Waals surface area contributed by atoms with Crippen molar-refractivity contribution >= 4 is 11.6 Å². The van der Waals surface area contributed by atoms with Gasteiger partial charge in [-0.05, 0) is 13.8 Å². The molecule has 0 aliphatic carbocycles. The van der Waals surface area contributed by atoms with Crippen molar-refractivity contribution in [3.63, 3.8) is 0 Å². The summed E-state index contributed by atoms with van der Waals surface area (Å²) in [5.41, 5.74) is 0. The summed E-state index contributed by atoms with van der Waals surface area (Å²) in [7, 11) is 1.00. The number of rotatable bonds is 3. The second-order valence-electron chi connectivity index (χ2n) is 1.90. The minimum absolute atomic E-state index is 0.0835. The van der Waals surface area contributed by atoms with E-state index in [1.54, 1.807) is 0 Å². The molecule has 0 heterocycles. The fraction of sp³-hybridized carbons (Fsp3) is 0.714. The molecule has 0 aromatic heterocycles. The number of carbonyl (C=O) groups excluding carboxylic acids is 2. The maximum Gasteiger partial charge on any atom is 0.130 e. The average Bonchev–Trinajstić information content (AvgIpc) is 1.89. The predicted molar refractivity (Wildman–Crippen MR) is 38.7 cm³/mol. The normalized spacial score (nSPS) is 7.60. The first kappa shape index (κ1) is 12.0. The first-order chi connectivity index (χ1) is 4.63. The van der Waals surface area contributed by atoms with Crippen LogP contribution in [-0.4, -0.2) is 23.8 Å². The van der Waals surface area contributed by atoms with Crippen molar-refractivity contribution in [3.05, 3.63) is 0 Å². The van der Waals surface area contributed by atoms with Gasteiger partial charge in [-0.15, -0.1) is 0 Å². The Morgan fingerprint density at radius 1 is 1.00 bits per heavy atom. The molecule has 0 aromatic rings. The number of carbonyl (C=O) groups is 2. The van der Waals surface area contributed by atoms with Gasteiger partial charge in [-0.3, -0.25) is 0 Å². The van der Waals surface area contributed by atoms with Crippen molar-refractivity contribution in [3.8, 4) is 0 Å². The lowest BCUT2D eigenvalue weighted by Gasteiger charge is -1.86. The molecule has 0 amide bonds. The molecular formula is C7H14O3. The van der Waals surface area contributed by atoms with Crippen LogP contribution >= 0.6 is 0 Å². The Bertz CT molecular complexity index is 93.4. The SMILES string of the molecule is CC(=O)CCC(C)=O.CO. The highest BCUT2D eigenvalue weighted by atomic mass is 16.2. The van der Waals surface area contributed by atoms with Crippen molar-refractivity contribution in [2.24, 2.45) is 0 Å². The number of hydrogen-bond acceptors (Lipinski definition) is 3. The second-order valence-corrected chi connectivity index (χ2v) is 1.90. The first-order valence-electron chi connectivity index (χ1n) is 3.06. The molecule has 0 spiro atoms. The largest absolute Gasteiger partial charge is 0.400 e. The minimum Gasteiger partial charge on any atom is -0.400 e. The lowest BCUT2D eigenvalue weighted by atomic mass is 10.2. The topological polar surface area (TPSA) is 54.4 Å². The molecule has 10 heavy (non-hydrogen) atoms. The molecule has 1 N–H and O–H groups in total. The molecule has 0 bridgehead atoms. The molecule has 3 nitrogen and oxygen atoms in total. The van der Waals surface area contributed by atoms with Crippen molar-refractivity contribution in [2.75, 3.05) is 7.11 Å². The van der Waals surface area contributed by atoms with Crippen molar-refractivity contribution in [1.29, 1.82) is 0 Å². The van der Waals surface area contributed by atoms with E-state index >= 15 is 0 Å². The van der Waals surface area contributed by atoms with Crippen molar-refractivity contribution in [1.82, 2.24) is 0 Å². The number of ketones is 2. The first-order valence-corrected chi connectivity index (χ1v) is 3.06. The number of Topliss-reactive ketones (excluding diaryl/α,β-unsaturated/α-hetero) is 2. The van der Waals surface area contributed by atoms with Gasteiger partial charge in [0.05, 0.1) is 0 Å². The number of hydrogen-bond donors (Lipinski definition) is 1. The molecule has 0 saturated carbocycles. The Morgan fingerprint density at radius 3 is 1.30 bits per heavy atom. The standard InChI is InChI=1S/C6H10O2.CH4O/c1-5(7)3-4-6(2)8;1-2/h3-4H2,1-2H3;2H,1H3. The number of aliphatic hydroxyl groups is 1. The summed E-state index contributed by atoms with van der Waals surface area (Å²) in [4.78, 5) is 20.4. The van der Waals surface area contributed by atoms with Gasteiger partial charge in [0.2, 0.25) is 0 Å². The monoisotopic (exact) mass is 146 g/mol. The molecule has 0 fully saturated rings. The smallest absolute Gasteiger partial charge is 0.130 e. The zero-order valence-electron chi connectivity index (χ0n) is 6.68. The van der Waals surface area contributed by atoms with E-state index in [-0.39, 0.29) is 11.6 Å². The highest BCUT2D eigenvalue weighted by Gasteiger charge is 1.95. The fourth-order valence-electron chi connectivity index (χ4n) is 0.352. The van der Waals surface area contributed by atoms with Gasteiger partial charge < -0.3 is 14.7 Å². The van der Waals surface area contributed by atoms with Crippen LogP contribution in [-0.2, 0) is 9.59 Å². The van der Waals surface area contributed by atoms with Gasteiger partial charge in [0, 0.05) is 20.0 Å². The zero-order chi connectivity index (χ0) is 8.57. The molecule has 3 heteroatoms. The van der Waals surface area contributed by atoms with E-state index in [9.17, 15) is 9.59 Å². The van der Waals surface area contributed by atoms with Crippen LogP contribution in [0.25, 0.3) is 0 Å². The van der Waals surface area contributed by atoms with E-state index in [0.717, 1.165) is 7.11 Å². The molecule has 0 aliphatic rings. The highest BCUT2D eigenvalue weighted by Crippen LogP contribution is 1.89. The second kappa shape index (κ2) is 8.30. The Morgan fingerprint density at radius 2 is 1.20 bits per heavy atom. The van der Waals surface area contributed by atoms with E-state index in [1.807, 2.05) is 0 Å². The molecule has 0 aliphatic heterocycles. The van der Waals surface area contributed by atoms with E-state index in [4.69, 9.17) is 5.11 Å². The van der Waals surface area contributed by atoms with E-state index in [2.05, 4.69) is 0 Å². The van der Waals surface area contributed by atoms with Crippen LogP contribution in [0.4, 0.5) is 0 Å². The van der Waals surface area contributed by atoms with Crippen LogP contribution in [0.2, 0.25) is 0 Å². The van der Waals surface area contributed by atoms with Gasteiger partial charge in [-0.2, -0.15) is 0 Å². The summed E-state index contributed by atoms with van der Waals surface area (Å²) in [5.74, 6) is 0.167. The predicted octanol–water partition coefficient (Wildman–Crippen LogP) is 0.553. The molecule has 60 valence electrons. The molecular weight excluding hydrogens is 132 g/mol. The third-order valence-electron chi connectivity index (χ3n) is 0.829. The highest BCUT2D eigenvalue weighted by molar-refractivity contribution is 5.83. The summed E-state index contributed by atoms with van der Waals surface area (Å²) in [6.45, 7) is 2.98. The van der Waals surface area contributed by atoms with E-state index < -0.39 is 0 Å². The molecule has 0 atom stereocenters. The Hall–Kier alpha value is -0.700. The lowest BCUT2D eigenvalue weighted by Crippen LogP contribution is -1.95. The van der Waals surface area contributed by atoms with E-state index in [1.165, 1.54) is 13.8 Å². The Labute approximate surface area is 61.1 Å². The molecule has 0 saturated heterocycles. The van der Waals surface area contributed by atoms with Gasteiger partial charge in [0.15, 0.2) is 0 Å². The summed E-state index contributed by atoms with van der Waals surface area (Å²) in [6.07, 6.45) is 0.796. The van der Waals surface area contributed by atoms with Crippen LogP contribution in [0, 0.1) is 0 Å². The van der Waals surface area contributed by atoms with Gasteiger partial charge >= 0.3 is 0 Å². The maximum absolute atomic E-state index is 10.2. The number of aliphatic hydroxyl groups excluding tert-OH is 1. The third kappa shape index (κ3) is 15.7. The fourth-order valence-corrected chi connectivity index (χ4v) is 0.352. The summed E-state index contributed by atoms with van der Waals surface area (Å²) >= 11 is 0. The average molecular weight is 146 g/mol. The molecule has 0 rings (SSSR count). The van der Waals surface area contributed by atoms with Gasteiger partial charge in [-0.1, -0.05) is 0 Å². The van der Waals surface area contributed by atoms with Crippen LogP contribution in [0.1, 0.15) is 26.7 Å². The maximum atomic E-state index is 10.2. The molecule has 0 unspecified atom stereocenters. The third-order valence-corrected chi connectivity index (χ3v) is 0.829. The van der Waals surface area contributed by atoms with Gasteiger partial charge in [-0.25, -0.2) is 0 Å². The summed E-state index contributed by atoms with van der Waals surface area (Å²) < 4.78 is 0. The summed E-state index contributed by atoms with van der Waals surface area (Å²) in [6, 6.07) is 0. The molecule has 0 radical (unpaired) electrons. The van der Waals surface area contributed by atoms with Crippen LogP contribution in [0.15, 0.2) is 0 Å². The molecule has 0 aromatic carbocycles. The Balaban J connectivity index is 0. The zero-order valence-corrected chi connectivity index (χ0v) is 6.68. The lowest BCUT2D eigenvalue weighted by molar-refractivity contribution is -0.122. The van der Waals surface area contributed by atoms with E-state index in [0.29, 0.717) is 12.8 Å². The van der Waals surface area contributed by atoms with Crippen LogP contribution < -0.4 is 0 Å². The minimum atomic E-state index is 0.0835. The van der Waals surface area contributed by atoms with Crippen molar-refractivity contribution < 1.29 is 14.7 Å². The Kier molecular flexibility index (Phi) is 9.98. The summed E-state index contributed by atoms with van der Waals surface area (Å²) in [5, 5.41) is 7.00. The quantitative estimate of drug-likeness (QED) is 0.632. The van der Waals surface area contributed by atoms with Crippen LogP contribution in [0.5, 0.6) is 0 Å². The van der Waals surface area contributed by atoms with Crippen molar-refractivity contribution in [2.45, 2.75) is 26.7 Å². The van der Waals surface area contributed by atoms with Gasteiger partial charge in [0.25, 0.3) is 0 Å². The van der Waals surface area contributed by atoms with Gasteiger partial charge in [0.1, 0.15) is 11.6 Å².